The summed E-state index contributed by atoms with van der Waals surface area (Å²) in [5.74, 6) is 4.06. The van der Waals surface area contributed by atoms with Crippen LogP contribution in [0, 0.1) is 12.0 Å². The fraction of sp³-hybridized carbons (Fsp3) is 0.550. The van der Waals surface area contributed by atoms with E-state index in [1.165, 1.54) is 25.7 Å². The van der Waals surface area contributed by atoms with Crippen LogP contribution in [-0.4, -0.2) is 12.8 Å². The van der Waals surface area contributed by atoms with Gasteiger partial charge < -0.3 is 4.74 Å². The smallest absolute Gasteiger partial charge is 0.127 e. The van der Waals surface area contributed by atoms with Gasteiger partial charge in [-0.05, 0) is 31.4 Å². The Morgan fingerprint density at radius 1 is 1.05 bits per heavy atom. The molecule has 120 valence electrons. The second kappa shape index (κ2) is 11.9. The molecule has 2 heteroatoms. The van der Waals surface area contributed by atoms with Crippen molar-refractivity contribution < 1.29 is 4.74 Å². The van der Waals surface area contributed by atoms with Crippen molar-refractivity contribution in [2.24, 2.45) is 4.99 Å². The number of hydrogen-bond donors (Lipinski definition) is 0. The topological polar surface area (TPSA) is 21.6 Å². The van der Waals surface area contributed by atoms with Crippen molar-refractivity contribution in [3.8, 4) is 17.7 Å². The second-order valence-electron chi connectivity index (χ2n) is 5.46. The average molecular weight is 299 g/mol. The minimum atomic E-state index is 0.877. The molecule has 0 aromatic heterocycles. The molecule has 0 spiro atoms. The molecule has 0 bridgehead atoms. The van der Waals surface area contributed by atoms with Gasteiger partial charge in [-0.1, -0.05) is 57.6 Å². The van der Waals surface area contributed by atoms with Gasteiger partial charge in [0.25, 0.3) is 0 Å². The van der Waals surface area contributed by atoms with Gasteiger partial charge in [-0.15, -0.1) is 0 Å². The van der Waals surface area contributed by atoms with E-state index in [1.807, 2.05) is 18.2 Å². The quantitative estimate of drug-likeness (QED) is 0.330. The van der Waals surface area contributed by atoms with Crippen LogP contribution in [0.25, 0.3) is 0 Å². The molecule has 0 unspecified atom stereocenters. The van der Waals surface area contributed by atoms with E-state index in [2.05, 4.69) is 36.9 Å². The summed E-state index contributed by atoms with van der Waals surface area (Å²) in [6.45, 7) is 4.42. The molecule has 0 saturated heterocycles. The highest BCUT2D eigenvalue weighted by atomic mass is 16.5. The molecule has 22 heavy (non-hydrogen) atoms. The van der Waals surface area contributed by atoms with Crippen molar-refractivity contribution in [2.45, 2.75) is 65.2 Å². The third kappa shape index (κ3) is 6.80. The standard InChI is InChI=1S/C20H29NO/c1-4-6-8-9-10-13-17-21-19(15-7-5-2)18-14-11-12-16-20(18)22-3/h11-12,14,16H,4-10,15H2,1-3H3. The highest BCUT2D eigenvalue weighted by Gasteiger charge is 2.08. The molecule has 0 radical (unpaired) electrons. The van der Waals surface area contributed by atoms with Crippen LogP contribution >= 0.6 is 0 Å². The molecule has 0 atom stereocenters. The summed E-state index contributed by atoms with van der Waals surface area (Å²) >= 11 is 0. The number of nitrogens with zero attached hydrogens (tertiary/aromatic N) is 1. The molecule has 0 saturated carbocycles. The molecule has 1 aromatic rings. The zero-order valence-electron chi connectivity index (χ0n) is 14.3. The minimum Gasteiger partial charge on any atom is -0.496 e. The summed E-state index contributed by atoms with van der Waals surface area (Å²) in [4.78, 5) is 4.53. The summed E-state index contributed by atoms with van der Waals surface area (Å²) in [5, 5.41) is 0. The predicted octanol–water partition coefficient (Wildman–Crippen LogP) is 5.61. The van der Waals surface area contributed by atoms with Crippen molar-refractivity contribution in [2.75, 3.05) is 7.11 Å². The largest absolute Gasteiger partial charge is 0.496 e. The molecule has 0 heterocycles. The molecular formula is C20H29NO. The van der Waals surface area contributed by atoms with E-state index in [0.717, 1.165) is 42.7 Å². The first-order valence-corrected chi connectivity index (χ1v) is 8.51. The van der Waals surface area contributed by atoms with Crippen LogP contribution in [0.1, 0.15) is 70.8 Å². The van der Waals surface area contributed by atoms with Gasteiger partial charge in [-0.25, -0.2) is 4.99 Å². The Labute approximate surface area is 136 Å². The van der Waals surface area contributed by atoms with Crippen LogP contribution in [0.15, 0.2) is 29.3 Å². The Bertz CT molecular complexity index is 508. The fourth-order valence-corrected chi connectivity index (χ4v) is 2.28. The molecule has 0 N–H and O–H groups in total. The van der Waals surface area contributed by atoms with Crippen LogP contribution in [0.5, 0.6) is 5.75 Å². The Morgan fingerprint density at radius 3 is 2.55 bits per heavy atom. The fourth-order valence-electron chi connectivity index (χ4n) is 2.28. The maximum absolute atomic E-state index is 5.45. The lowest BCUT2D eigenvalue weighted by Gasteiger charge is -2.09. The second-order valence-corrected chi connectivity index (χ2v) is 5.46. The van der Waals surface area contributed by atoms with E-state index in [1.54, 1.807) is 7.11 Å². The Morgan fingerprint density at radius 2 is 1.82 bits per heavy atom. The lowest BCUT2D eigenvalue weighted by Crippen LogP contribution is -2.03. The summed E-state index contributed by atoms with van der Waals surface area (Å²) in [7, 11) is 1.70. The Kier molecular flexibility index (Phi) is 9.87. The van der Waals surface area contributed by atoms with Crippen LogP contribution in [0.3, 0.4) is 0 Å². The maximum atomic E-state index is 5.45. The lowest BCUT2D eigenvalue weighted by molar-refractivity contribution is 0.414. The van der Waals surface area contributed by atoms with E-state index in [9.17, 15) is 0 Å². The number of rotatable bonds is 9. The van der Waals surface area contributed by atoms with Crippen LogP contribution in [0.2, 0.25) is 0 Å². The van der Waals surface area contributed by atoms with E-state index >= 15 is 0 Å². The monoisotopic (exact) mass is 299 g/mol. The molecule has 0 aliphatic carbocycles. The number of hydrogen-bond acceptors (Lipinski definition) is 2. The molecule has 0 amide bonds. The normalized spacial score (nSPS) is 11.0. The van der Waals surface area contributed by atoms with E-state index in [4.69, 9.17) is 4.74 Å². The van der Waals surface area contributed by atoms with Crippen molar-refractivity contribution in [1.82, 2.24) is 0 Å². The van der Waals surface area contributed by atoms with Crippen molar-refractivity contribution >= 4 is 5.71 Å². The van der Waals surface area contributed by atoms with Crippen molar-refractivity contribution in [3.63, 3.8) is 0 Å². The van der Waals surface area contributed by atoms with Crippen molar-refractivity contribution in [1.29, 1.82) is 0 Å². The molecular weight excluding hydrogens is 270 g/mol. The number of unbranched alkanes of at least 4 members (excludes halogenated alkanes) is 5. The van der Waals surface area contributed by atoms with Gasteiger partial charge in [0, 0.05) is 18.0 Å². The summed E-state index contributed by atoms with van der Waals surface area (Å²) < 4.78 is 5.45. The Hall–Kier alpha value is -1.75. The summed E-state index contributed by atoms with van der Waals surface area (Å²) in [6, 6.07) is 11.1. The van der Waals surface area contributed by atoms with Gasteiger partial charge in [-0.3, -0.25) is 0 Å². The zero-order chi connectivity index (χ0) is 16.0. The number of aliphatic imine (C=N–C) groups is 1. The molecule has 0 fully saturated rings. The molecule has 1 aromatic carbocycles. The third-order valence-corrected chi connectivity index (χ3v) is 3.61. The molecule has 0 aliphatic heterocycles. The first-order chi connectivity index (χ1) is 10.8. The summed E-state index contributed by atoms with van der Waals surface area (Å²) in [5.41, 5.74) is 2.11. The Balaban J connectivity index is 2.75. The number of methoxy groups -OCH3 is 1. The number of benzene rings is 1. The van der Waals surface area contributed by atoms with Gasteiger partial charge in [0.15, 0.2) is 0 Å². The van der Waals surface area contributed by atoms with E-state index < -0.39 is 0 Å². The van der Waals surface area contributed by atoms with Crippen LogP contribution < -0.4 is 4.74 Å². The van der Waals surface area contributed by atoms with Crippen LogP contribution in [-0.2, 0) is 0 Å². The maximum Gasteiger partial charge on any atom is 0.127 e. The van der Waals surface area contributed by atoms with Gasteiger partial charge in [0.05, 0.1) is 12.8 Å². The summed E-state index contributed by atoms with van der Waals surface area (Å²) in [6.07, 6.45) is 9.17. The van der Waals surface area contributed by atoms with Gasteiger partial charge in [0.2, 0.25) is 0 Å². The zero-order valence-corrected chi connectivity index (χ0v) is 14.3. The third-order valence-electron chi connectivity index (χ3n) is 3.61. The first-order valence-electron chi connectivity index (χ1n) is 8.51. The molecule has 2 nitrogen and oxygen atoms in total. The lowest BCUT2D eigenvalue weighted by atomic mass is 10.0. The number of para-hydroxylation sites is 1. The van der Waals surface area contributed by atoms with E-state index in [0.29, 0.717) is 0 Å². The first kappa shape index (κ1) is 18.3. The van der Waals surface area contributed by atoms with Gasteiger partial charge in [0.1, 0.15) is 5.75 Å². The predicted molar refractivity (Wildman–Crippen MR) is 95.6 cm³/mol. The molecule has 0 aliphatic rings. The van der Waals surface area contributed by atoms with Gasteiger partial charge in [-0.2, -0.15) is 0 Å². The number of ether oxygens (including phenoxy) is 1. The molecule has 1 rings (SSSR count). The average Bonchev–Trinajstić information content (AvgIpc) is 2.56. The van der Waals surface area contributed by atoms with Crippen molar-refractivity contribution in [3.05, 3.63) is 29.8 Å². The highest BCUT2D eigenvalue weighted by Crippen LogP contribution is 2.20. The highest BCUT2D eigenvalue weighted by molar-refractivity contribution is 6.03. The minimum absolute atomic E-state index is 0.877. The van der Waals surface area contributed by atoms with Crippen LogP contribution in [0.4, 0.5) is 0 Å². The van der Waals surface area contributed by atoms with Gasteiger partial charge >= 0.3 is 0 Å². The van der Waals surface area contributed by atoms with E-state index in [-0.39, 0.29) is 0 Å². The SMILES string of the molecule is CCCCCCC#CN=C(CCCC)c1ccccc1OC.